The Morgan fingerprint density at radius 3 is 3.00 bits per heavy atom. The molecule has 1 aliphatic rings. The molecule has 3 nitrogen and oxygen atoms in total. The maximum absolute atomic E-state index is 11.3. The van der Waals surface area contributed by atoms with Crippen molar-refractivity contribution in [2.75, 3.05) is 6.54 Å². The van der Waals surface area contributed by atoms with Crippen LogP contribution in [0.3, 0.4) is 0 Å². The zero-order valence-corrected chi connectivity index (χ0v) is 7.62. The number of rotatable bonds is 3. The summed E-state index contributed by atoms with van der Waals surface area (Å²) in [5.74, 6) is 0.113. The van der Waals surface area contributed by atoms with Crippen LogP contribution in [0.5, 0.6) is 0 Å². The first-order valence-corrected chi connectivity index (χ1v) is 4.73. The van der Waals surface area contributed by atoms with Gasteiger partial charge in [0.15, 0.2) is 0 Å². The fourth-order valence-electron chi connectivity index (χ4n) is 1.50. The number of carbonyl (C=O) groups excluding carboxylic acids is 1. The molecule has 0 bridgehead atoms. The molecule has 1 fully saturated rings. The molecule has 0 radical (unpaired) electrons. The third-order valence-electron chi connectivity index (χ3n) is 2.29. The highest BCUT2D eigenvalue weighted by molar-refractivity contribution is 5.77. The molecule has 1 rings (SSSR count). The summed E-state index contributed by atoms with van der Waals surface area (Å²) in [6, 6.07) is 0. The highest BCUT2D eigenvalue weighted by atomic mass is 16.3. The summed E-state index contributed by atoms with van der Waals surface area (Å²) in [6.07, 6.45) is 3.73. The lowest BCUT2D eigenvalue weighted by molar-refractivity contribution is -0.146. The minimum Gasteiger partial charge on any atom is -0.374 e. The first-order chi connectivity index (χ1) is 5.75. The van der Waals surface area contributed by atoms with Crippen molar-refractivity contribution in [3.8, 4) is 0 Å². The van der Waals surface area contributed by atoms with E-state index >= 15 is 0 Å². The third kappa shape index (κ3) is 2.21. The number of likely N-dealkylation sites (tertiary alicyclic amines) is 1. The average molecular weight is 171 g/mol. The maximum Gasteiger partial charge on any atom is 0.224 e. The number of unbranched alkanes of at least 4 members (excludes halogenated alkanes) is 1. The molecule has 1 heterocycles. The van der Waals surface area contributed by atoms with Gasteiger partial charge in [-0.05, 0) is 19.3 Å². The topological polar surface area (TPSA) is 40.5 Å². The Bertz CT molecular complexity index is 159. The van der Waals surface area contributed by atoms with Crippen LogP contribution in [0.2, 0.25) is 0 Å². The van der Waals surface area contributed by atoms with Crippen molar-refractivity contribution >= 4 is 5.91 Å². The van der Waals surface area contributed by atoms with Crippen LogP contribution >= 0.6 is 0 Å². The SMILES string of the molecule is CCCCN1C(=O)CCCC1O. The largest absolute Gasteiger partial charge is 0.374 e. The fourth-order valence-corrected chi connectivity index (χ4v) is 1.50. The van der Waals surface area contributed by atoms with Crippen molar-refractivity contribution in [3.05, 3.63) is 0 Å². The van der Waals surface area contributed by atoms with E-state index in [0.29, 0.717) is 6.42 Å². The number of aliphatic hydroxyl groups is 1. The molecular formula is C9H17NO2. The van der Waals surface area contributed by atoms with Crippen LogP contribution in [-0.2, 0) is 4.79 Å². The van der Waals surface area contributed by atoms with Gasteiger partial charge >= 0.3 is 0 Å². The van der Waals surface area contributed by atoms with Gasteiger partial charge in [0.2, 0.25) is 5.91 Å². The lowest BCUT2D eigenvalue weighted by atomic mass is 10.1. The summed E-state index contributed by atoms with van der Waals surface area (Å²) < 4.78 is 0. The standard InChI is InChI=1S/C9H17NO2/c1-2-3-7-10-8(11)5-4-6-9(10)12/h8,11H,2-7H2,1H3. The van der Waals surface area contributed by atoms with Gasteiger partial charge in [-0.2, -0.15) is 0 Å². The van der Waals surface area contributed by atoms with Crippen LogP contribution in [0.4, 0.5) is 0 Å². The summed E-state index contributed by atoms with van der Waals surface area (Å²) in [5.41, 5.74) is 0. The second kappa shape index (κ2) is 4.45. The van der Waals surface area contributed by atoms with Gasteiger partial charge in [-0.1, -0.05) is 13.3 Å². The molecule has 70 valence electrons. The maximum atomic E-state index is 11.3. The van der Waals surface area contributed by atoms with Crippen molar-refractivity contribution in [2.45, 2.75) is 45.3 Å². The van der Waals surface area contributed by atoms with Crippen LogP contribution in [0, 0.1) is 0 Å². The molecule has 1 unspecified atom stereocenters. The molecule has 1 atom stereocenters. The summed E-state index contributed by atoms with van der Waals surface area (Å²) >= 11 is 0. The normalized spacial score (nSPS) is 24.7. The van der Waals surface area contributed by atoms with E-state index in [0.717, 1.165) is 32.2 Å². The minimum absolute atomic E-state index is 0.113. The van der Waals surface area contributed by atoms with Crippen LogP contribution in [-0.4, -0.2) is 28.7 Å². The van der Waals surface area contributed by atoms with E-state index in [4.69, 9.17) is 0 Å². The summed E-state index contributed by atoms with van der Waals surface area (Å²) in [7, 11) is 0. The van der Waals surface area contributed by atoms with Gasteiger partial charge in [-0.15, -0.1) is 0 Å². The number of aliphatic hydroxyl groups excluding tert-OH is 1. The molecule has 12 heavy (non-hydrogen) atoms. The van der Waals surface area contributed by atoms with E-state index in [2.05, 4.69) is 6.92 Å². The molecule has 3 heteroatoms. The Hall–Kier alpha value is -0.570. The summed E-state index contributed by atoms with van der Waals surface area (Å²) in [6.45, 7) is 2.80. The average Bonchev–Trinajstić information content (AvgIpc) is 2.04. The first kappa shape index (κ1) is 9.52. The summed E-state index contributed by atoms with van der Waals surface area (Å²) in [4.78, 5) is 12.9. The Balaban J connectivity index is 2.40. The van der Waals surface area contributed by atoms with Crippen LogP contribution in [0.1, 0.15) is 39.0 Å². The molecule has 1 aliphatic heterocycles. The third-order valence-corrected chi connectivity index (χ3v) is 2.29. The number of amides is 1. The molecule has 0 aromatic carbocycles. The van der Waals surface area contributed by atoms with Crippen molar-refractivity contribution < 1.29 is 9.90 Å². The van der Waals surface area contributed by atoms with E-state index in [1.807, 2.05) is 0 Å². The Morgan fingerprint density at radius 2 is 2.42 bits per heavy atom. The van der Waals surface area contributed by atoms with Gasteiger partial charge in [0.25, 0.3) is 0 Å². The summed E-state index contributed by atoms with van der Waals surface area (Å²) in [5, 5.41) is 9.47. The van der Waals surface area contributed by atoms with Gasteiger partial charge < -0.3 is 10.0 Å². The molecule has 0 aromatic rings. The van der Waals surface area contributed by atoms with E-state index in [-0.39, 0.29) is 5.91 Å². The number of hydrogen-bond acceptors (Lipinski definition) is 2. The highest BCUT2D eigenvalue weighted by Gasteiger charge is 2.24. The zero-order chi connectivity index (χ0) is 8.97. The van der Waals surface area contributed by atoms with Crippen molar-refractivity contribution in [1.82, 2.24) is 4.90 Å². The van der Waals surface area contributed by atoms with Gasteiger partial charge in [-0.3, -0.25) is 4.79 Å². The number of hydrogen-bond donors (Lipinski definition) is 1. The van der Waals surface area contributed by atoms with Crippen LogP contribution in [0.15, 0.2) is 0 Å². The fraction of sp³-hybridized carbons (Fsp3) is 0.889. The molecule has 0 spiro atoms. The molecule has 1 saturated heterocycles. The minimum atomic E-state index is -0.516. The predicted octanol–water partition coefficient (Wildman–Crippen LogP) is 1.12. The van der Waals surface area contributed by atoms with Crippen molar-refractivity contribution in [1.29, 1.82) is 0 Å². The quantitative estimate of drug-likeness (QED) is 0.691. The lowest BCUT2D eigenvalue weighted by Crippen LogP contribution is -2.43. The molecular weight excluding hydrogens is 154 g/mol. The number of nitrogens with zero attached hydrogens (tertiary/aromatic N) is 1. The number of piperidine rings is 1. The lowest BCUT2D eigenvalue weighted by Gasteiger charge is -2.31. The monoisotopic (exact) mass is 171 g/mol. The molecule has 0 aliphatic carbocycles. The van der Waals surface area contributed by atoms with Gasteiger partial charge in [0, 0.05) is 13.0 Å². The first-order valence-electron chi connectivity index (χ1n) is 4.73. The Kier molecular flexibility index (Phi) is 3.53. The highest BCUT2D eigenvalue weighted by Crippen LogP contribution is 2.16. The van der Waals surface area contributed by atoms with E-state index in [1.54, 1.807) is 4.90 Å². The zero-order valence-electron chi connectivity index (χ0n) is 7.62. The van der Waals surface area contributed by atoms with Gasteiger partial charge in [0.05, 0.1) is 0 Å². The van der Waals surface area contributed by atoms with Crippen LogP contribution < -0.4 is 0 Å². The Morgan fingerprint density at radius 1 is 1.67 bits per heavy atom. The molecule has 0 saturated carbocycles. The molecule has 1 N–H and O–H groups in total. The molecule has 1 amide bonds. The number of carbonyl (C=O) groups is 1. The van der Waals surface area contributed by atoms with E-state index in [1.165, 1.54) is 0 Å². The smallest absolute Gasteiger partial charge is 0.224 e. The van der Waals surface area contributed by atoms with Crippen molar-refractivity contribution in [2.24, 2.45) is 0 Å². The molecule has 0 aromatic heterocycles. The predicted molar refractivity (Wildman–Crippen MR) is 46.5 cm³/mol. The Labute approximate surface area is 73.4 Å². The van der Waals surface area contributed by atoms with Crippen molar-refractivity contribution in [3.63, 3.8) is 0 Å². The van der Waals surface area contributed by atoms with E-state index in [9.17, 15) is 9.90 Å². The second-order valence-electron chi connectivity index (χ2n) is 3.31. The second-order valence-corrected chi connectivity index (χ2v) is 3.31. The van der Waals surface area contributed by atoms with E-state index < -0.39 is 6.23 Å². The van der Waals surface area contributed by atoms with Crippen LogP contribution in [0.25, 0.3) is 0 Å². The van der Waals surface area contributed by atoms with Gasteiger partial charge in [-0.25, -0.2) is 0 Å². The van der Waals surface area contributed by atoms with Gasteiger partial charge in [0.1, 0.15) is 6.23 Å².